The molecule has 2 atom stereocenters. The number of rotatable bonds is 5. The van der Waals surface area contributed by atoms with Gasteiger partial charge in [-0.25, -0.2) is 14.4 Å². The minimum atomic E-state index is -0.892. The second kappa shape index (κ2) is 8.73. The number of carbonyl (C=O) groups excluding carboxylic acids is 4. The molecule has 1 unspecified atom stereocenters. The summed E-state index contributed by atoms with van der Waals surface area (Å²) < 4.78 is 15.5. The summed E-state index contributed by atoms with van der Waals surface area (Å²) >= 11 is 0. The zero-order chi connectivity index (χ0) is 20.9. The van der Waals surface area contributed by atoms with Gasteiger partial charge in [-0.1, -0.05) is 0 Å². The molecule has 1 aromatic carbocycles. The van der Waals surface area contributed by atoms with Crippen LogP contribution < -0.4 is 5.32 Å². The molecule has 0 saturated carbocycles. The Hall–Kier alpha value is -3.10. The third-order valence-electron chi connectivity index (χ3n) is 3.98. The summed E-state index contributed by atoms with van der Waals surface area (Å²) in [6.07, 6.45) is -0.713. The molecule has 0 spiro atoms. The van der Waals surface area contributed by atoms with E-state index in [9.17, 15) is 19.2 Å². The van der Waals surface area contributed by atoms with E-state index in [1.54, 1.807) is 32.9 Å². The van der Waals surface area contributed by atoms with Gasteiger partial charge in [0.1, 0.15) is 17.7 Å². The summed E-state index contributed by atoms with van der Waals surface area (Å²) in [5.41, 5.74) is 0.0835. The van der Waals surface area contributed by atoms with Crippen molar-refractivity contribution in [1.29, 1.82) is 0 Å². The highest BCUT2D eigenvalue weighted by molar-refractivity contribution is 5.90. The maximum absolute atomic E-state index is 12.4. The predicted octanol–water partition coefficient (Wildman–Crippen LogP) is 1.96. The number of likely N-dealkylation sites (tertiary alicyclic amines) is 1. The van der Waals surface area contributed by atoms with E-state index in [-0.39, 0.29) is 18.5 Å². The molecule has 0 aromatic heterocycles. The number of amides is 2. The second-order valence-electron chi connectivity index (χ2n) is 7.27. The average Bonchev–Trinajstić information content (AvgIpc) is 3.04. The van der Waals surface area contributed by atoms with E-state index in [2.05, 4.69) is 5.32 Å². The van der Waals surface area contributed by atoms with Crippen LogP contribution in [0, 0.1) is 0 Å². The van der Waals surface area contributed by atoms with E-state index in [1.165, 1.54) is 24.1 Å². The summed E-state index contributed by atoms with van der Waals surface area (Å²) in [5, 5.41) is 2.47. The second-order valence-corrected chi connectivity index (χ2v) is 7.27. The fourth-order valence-electron chi connectivity index (χ4n) is 2.75. The molecular weight excluding hydrogens is 368 g/mol. The number of hydrogen-bond acceptors (Lipinski definition) is 7. The minimum Gasteiger partial charge on any atom is -0.467 e. The van der Waals surface area contributed by atoms with Crippen molar-refractivity contribution in [2.45, 2.75) is 44.9 Å². The molecule has 1 N–H and O–H groups in total. The zero-order valence-electron chi connectivity index (χ0n) is 16.3. The fraction of sp³-hybridized carbons (Fsp3) is 0.474. The van der Waals surface area contributed by atoms with Crippen LogP contribution in [0.25, 0.3) is 0 Å². The molecule has 1 saturated heterocycles. The van der Waals surface area contributed by atoms with E-state index >= 15 is 0 Å². The Bertz CT molecular complexity index is 740. The van der Waals surface area contributed by atoms with Gasteiger partial charge in [-0.15, -0.1) is 0 Å². The Morgan fingerprint density at radius 3 is 2.36 bits per heavy atom. The van der Waals surface area contributed by atoms with Crippen molar-refractivity contribution in [3.63, 3.8) is 0 Å². The zero-order valence-corrected chi connectivity index (χ0v) is 16.3. The largest absolute Gasteiger partial charge is 0.467 e. The van der Waals surface area contributed by atoms with Crippen LogP contribution in [-0.4, -0.2) is 60.7 Å². The number of esters is 2. The summed E-state index contributed by atoms with van der Waals surface area (Å²) in [6.45, 7) is 5.17. The van der Waals surface area contributed by atoms with Crippen molar-refractivity contribution < 1.29 is 33.4 Å². The first kappa shape index (κ1) is 21.2. The van der Waals surface area contributed by atoms with Gasteiger partial charge in [0, 0.05) is 12.1 Å². The lowest BCUT2D eigenvalue weighted by Gasteiger charge is -2.27. The van der Waals surface area contributed by atoms with Gasteiger partial charge in [0.15, 0.2) is 0 Å². The number of nitrogens with one attached hydrogen (secondary N) is 1. The van der Waals surface area contributed by atoms with E-state index in [1.807, 2.05) is 0 Å². The molecule has 28 heavy (non-hydrogen) atoms. The highest BCUT2D eigenvalue weighted by Gasteiger charge is 2.43. The van der Waals surface area contributed by atoms with Crippen LogP contribution in [0.3, 0.4) is 0 Å². The van der Waals surface area contributed by atoms with Crippen molar-refractivity contribution in [3.05, 3.63) is 29.8 Å². The van der Waals surface area contributed by atoms with Crippen molar-refractivity contribution in [3.8, 4) is 0 Å². The lowest BCUT2D eigenvalue weighted by atomic mass is 10.2. The van der Waals surface area contributed by atoms with Gasteiger partial charge in [0.2, 0.25) is 6.41 Å². The Balaban J connectivity index is 2.07. The highest BCUT2D eigenvalue weighted by atomic mass is 16.6. The smallest absolute Gasteiger partial charge is 0.411 e. The molecule has 1 aromatic rings. The number of ether oxygens (including phenoxy) is 3. The molecule has 2 rings (SSSR count). The van der Waals surface area contributed by atoms with Gasteiger partial charge in [-0.3, -0.25) is 9.69 Å². The molecule has 1 fully saturated rings. The first-order chi connectivity index (χ1) is 13.1. The number of benzene rings is 1. The van der Waals surface area contributed by atoms with Gasteiger partial charge in [0.25, 0.3) is 0 Å². The van der Waals surface area contributed by atoms with Crippen LogP contribution >= 0.6 is 0 Å². The van der Waals surface area contributed by atoms with Crippen LogP contribution in [0.15, 0.2) is 24.3 Å². The number of hydrogen-bond donors (Lipinski definition) is 1. The van der Waals surface area contributed by atoms with E-state index < -0.39 is 35.8 Å². The first-order valence-corrected chi connectivity index (χ1v) is 8.73. The topological polar surface area (TPSA) is 111 Å². The molecule has 1 aliphatic heterocycles. The van der Waals surface area contributed by atoms with Crippen LogP contribution in [-0.2, 0) is 23.8 Å². The van der Waals surface area contributed by atoms with Gasteiger partial charge in [-0.2, -0.15) is 0 Å². The molecule has 2 amide bonds. The van der Waals surface area contributed by atoms with Crippen LogP contribution in [0.1, 0.15) is 37.6 Å². The van der Waals surface area contributed by atoms with E-state index in [0.717, 1.165) is 0 Å². The molecule has 0 bridgehead atoms. The van der Waals surface area contributed by atoms with Crippen molar-refractivity contribution in [1.82, 2.24) is 4.90 Å². The van der Waals surface area contributed by atoms with Gasteiger partial charge >= 0.3 is 18.0 Å². The molecule has 9 heteroatoms. The maximum Gasteiger partial charge on any atom is 0.411 e. The Labute approximate surface area is 162 Å². The molecular formula is C19H24N2O7. The molecule has 1 aliphatic rings. The van der Waals surface area contributed by atoms with Crippen LogP contribution in [0.5, 0.6) is 0 Å². The third kappa shape index (κ3) is 5.45. The SMILES string of the molecule is COC(=O)[C@@H]1CC(OC(=O)c2ccc(NC=O)cc2)CN1C(=O)OC(C)(C)C. The highest BCUT2D eigenvalue weighted by Crippen LogP contribution is 2.25. The Morgan fingerprint density at radius 1 is 1.18 bits per heavy atom. The van der Waals surface area contributed by atoms with Gasteiger partial charge in [-0.05, 0) is 45.0 Å². The van der Waals surface area contributed by atoms with Crippen LogP contribution in [0.4, 0.5) is 10.5 Å². The summed E-state index contributed by atoms with van der Waals surface area (Å²) in [7, 11) is 1.23. The lowest BCUT2D eigenvalue weighted by molar-refractivity contribution is -0.145. The number of nitrogens with zero attached hydrogens (tertiary/aromatic N) is 1. The molecule has 0 radical (unpaired) electrons. The fourth-order valence-corrected chi connectivity index (χ4v) is 2.75. The van der Waals surface area contributed by atoms with Crippen LogP contribution in [0.2, 0.25) is 0 Å². The first-order valence-electron chi connectivity index (χ1n) is 8.73. The Kier molecular flexibility index (Phi) is 6.61. The lowest BCUT2D eigenvalue weighted by Crippen LogP contribution is -2.44. The number of methoxy groups -OCH3 is 1. The summed E-state index contributed by atoms with van der Waals surface area (Å²) in [6, 6.07) is 5.24. The normalized spacial score (nSPS) is 18.9. The number of anilines is 1. The van der Waals surface area contributed by atoms with Gasteiger partial charge in [0.05, 0.1) is 19.2 Å². The Morgan fingerprint density at radius 2 is 1.82 bits per heavy atom. The van der Waals surface area contributed by atoms with Gasteiger partial charge < -0.3 is 19.5 Å². The summed E-state index contributed by atoms with van der Waals surface area (Å²) in [4.78, 5) is 48.5. The van der Waals surface area contributed by atoms with Crippen molar-refractivity contribution >= 4 is 30.1 Å². The molecule has 1 heterocycles. The monoisotopic (exact) mass is 392 g/mol. The maximum atomic E-state index is 12.4. The molecule has 9 nitrogen and oxygen atoms in total. The third-order valence-corrected chi connectivity index (χ3v) is 3.98. The number of carbonyl (C=O) groups is 4. The average molecular weight is 392 g/mol. The van der Waals surface area contributed by atoms with E-state index in [0.29, 0.717) is 12.1 Å². The summed E-state index contributed by atoms with van der Waals surface area (Å²) in [5.74, 6) is -1.20. The van der Waals surface area contributed by atoms with E-state index in [4.69, 9.17) is 14.2 Å². The standard InChI is InChI=1S/C19H24N2O7/c1-19(2,3)28-18(25)21-10-14(9-15(21)17(24)26-4)27-16(23)12-5-7-13(8-6-12)20-11-22/h5-8,11,14-15H,9-10H2,1-4H3,(H,20,22)/t14?,15-/m0/s1. The molecule has 152 valence electrons. The van der Waals surface area contributed by atoms with Crippen molar-refractivity contribution in [2.24, 2.45) is 0 Å². The molecule has 0 aliphatic carbocycles. The quantitative estimate of drug-likeness (QED) is 0.463. The predicted molar refractivity (Wildman–Crippen MR) is 98.7 cm³/mol. The van der Waals surface area contributed by atoms with Crippen molar-refractivity contribution in [2.75, 3.05) is 19.0 Å². The minimum absolute atomic E-state index is 0.0190.